The van der Waals surface area contributed by atoms with E-state index in [0.717, 1.165) is 13.0 Å². The molecule has 178 valence electrons. The summed E-state index contributed by atoms with van der Waals surface area (Å²) in [7, 11) is 0. The average molecular weight is 461 g/mol. The van der Waals surface area contributed by atoms with Gasteiger partial charge in [0.1, 0.15) is 11.3 Å². The lowest BCUT2D eigenvalue weighted by molar-refractivity contribution is -0.0263. The van der Waals surface area contributed by atoms with E-state index in [1.54, 1.807) is 15.8 Å². The molecule has 2 aromatic heterocycles. The van der Waals surface area contributed by atoms with Gasteiger partial charge in [-0.1, -0.05) is 0 Å². The van der Waals surface area contributed by atoms with Gasteiger partial charge in [-0.15, -0.1) is 0 Å². The Labute approximate surface area is 191 Å². The Morgan fingerprint density at radius 1 is 1.24 bits per heavy atom. The largest absolute Gasteiger partial charge is 0.444 e. The Kier molecular flexibility index (Phi) is 5.10. The van der Waals surface area contributed by atoms with Gasteiger partial charge in [0.25, 0.3) is 5.92 Å². The van der Waals surface area contributed by atoms with Crippen molar-refractivity contribution in [2.75, 3.05) is 24.5 Å². The first-order chi connectivity index (χ1) is 15.5. The molecule has 1 aliphatic carbocycles. The molecule has 5 rings (SSSR count). The van der Waals surface area contributed by atoms with Crippen LogP contribution in [0.1, 0.15) is 64.3 Å². The first-order valence-electron chi connectivity index (χ1n) is 11.6. The van der Waals surface area contributed by atoms with Crippen LogP contribution in [-0.4, -0.2) is 62.0 Å². The number of aromatic nitrogens is 4. The quantitative estimate of drug-likeness (QED) is 0.685. The molecule has 1 atom stereocenters. The van der Waals surface area contributed by atoms with Crippen LogP contribution in [0.25, 0.3) is 11.3 Å². The third-order valence-corrected chi connectivity index (χ3v) is 6.60. The van der Waals surface area contributed by atoms with Gasteiger partial charge in [0.05, 0.1) is 17.9 Å². The van der Waals surface area contributed by atoms with Gasteiger partial charge in [-0.25, -0.2) is 14.8 Å². The van der Waals surface area contributed by atoms with Crippen LogP contribution in [0.2, 0.25) is 0 Å². The van der Waals surface area contributed by atoms with Crippen molar-refractivity contribution in [1.29, 1.82) is 0 Å². The molecule has 10 heteroatoms. The maximum atomic E-state index is 14.8. The zero-order chi connectivity index (χ0) is 23.5. The molecule has 0 saturated carbocycles. The van der Waals surface area contributed by atoms with Crippen molar-refractivity contribution >= 4 is 12.0 Å². The van der Waals surface area contributed by atoms with Crippen LogP contribution >= 0.6 is 0 Å². The lowest BCUT2D eigenvalue weighted by atomic mass is 9.90. The summed E-state index contributed by atoms with van der Waals surface area (Å²) in [5.74, 6) is -2.58. The molecule has 2 saturated heterocycles. The Morgan fingerprint density at radius 2 is 2.00 bits per heavy atom. The number of carbonyl (C=O) groups excluding carboxylic acids is 1. The summed E-state index contributed by atoms with van der Waals surface area (Å²) in [6, 6.07) is 0.255. The lowest BCUT2D eigenvalue weighted by Crippen LogP contribution is -2.52. The van der Waals surface area contributed by atoms with E-state index in [9.17, 15) is 13.6 Å². The standard InChI is InChI=1S/C23H30F2N6O2/c1-14-7-9-30(14)20-27-18(17-6-5-8-23(24,25)19(17)28-20)15-10-26-31(11-15)16-12-29(13-16)21(32)33-22(2,3)4/h10-11,14,16H,5-9,12-13H2,1-4H3/t14-/m0/s1. The van der Waals surface area contributed by atoms with Crippen LogP contribution in [0.15, 0.2) is 12.4 Å². The van der Waals surface area contributed by atoms with Crippen LogP contribution in [-0.2, 0) is 17.1 Å². The minimum atomic E-state index is -2.95. The fourth-order valence-electron chi connectivity index (χ4n) is 4.56. The highest BCUT2D eigenvalue weighted by Crippen LogP contribution is 2.43. The summed E-state index contributed by atoms with van der Waals surface area (Å²) < 4.78 is 36.8. The fourth-order valence-corrected chi connectivity index (χ4v) is 4.56. The number of anilines is 1. The summed E-state index contributed by atoms with van der Waals surface area (Å²) in [5.41, 5.74) is 1.09. The number of nitrogens with zero attached hydrogens (tertiary/aromatic N) is 6. The molecule has 0 spiro atoms. The Balaban J connectivity index is 1.41. The maximum absolute atomic E-state index is 14.8. The van der Waals surface area contributed by atoms with Gasteiger partial charge in [0, 0.05) is 49.4 Å². The highest BCUT2D eigenvalue weighted by atomic mass is 19.3. The highest BCUT2D eigenvalue weighted by molar-refractivity contribution is 5.69. The van der Waals surface area contributed by atoms with Crippen molar-refractivity contribution in [3.8, 4) is 11.3 Å². The molecule has 2 aromatic rings. The van der Waals surface area contributed by atoms with Gasteiger partial charge in [-0.05, 0) is 47.0 Å². The zero-order valence-electron chi connectivity index (χ0n) is 19.5. The lowest BCUT2D eigenvalue weighted by Gasteiger charge is -2.40. The second-order valence-corrected chi connectivity index (χ2v) is 10.3. The third-order valence-electron chi connectivity index (χ3n) is 6.60. The number of halogens is 2. The van der Waals surface area contributed by atoms with Crippen LogP contribution in [0.5, 0.6) is 0 Å². The number of rotatable bonds is 3. The summed E-state index contributed by atoms with van der Waals surface area (Å²) >= 11 is 0. The van der Waals surface area contributed by atoms with E-state index >= 15 is 0 Å². The van der Waals surface area contributed by atoms with E-state index in [1.807, 2.05) is 31.9 Å². The topological polar surface area (TPSA) is 76.4 Å². The minimum absolute atomic E-state index is 0.0141. The van der Waals surface area contributed by atoms with E-state index in [-0.39, 0.29) is 30.3 Å². The highest BCUT2D eigenvalue weighted by Gasteiger charge is 2.42. The number of hydrogen-bond acceptors (Lipinski definition) is 6. The summed E-state index contributed by atoms with van der Waals surface area (Å²) in [4.78, 5) is 24.9. The van der Waals surface area contributed by atoms with Gasteiger partial charge in [0.15, 0.2) is 0 Å². The summed E-state index contributed by atoms with van der Waals surface area (Å²) in [5, 5.41) is 4.47. The second-order valence-electron chi connectivity index (χ2n) is 10.3. The molecule has 0 N–H and O–H groups in total. The number of likely N-dealkylation sites (tertiary alicyclic amines) is 1. The number of amides is 1. The Hall–Kier alpha value is -2.78. The molecule has 0 bridgehead atoms. The second kappa shape index (κ2) is 7.63. The van der Waals surface area contributed by atoms with E-state index < -0.39 is 11.5 Å². The molecule has 8 nitrogen and oxygen atoms in total. The number of fused-ring (bicyclic) bond motifs is 1. The van der Waals surface area contributed by atoms with E-state index in [0.29, 0.717) is 48.7 Å². The van der Waals surface area contributed by atoms with Gasteiger partial charge in [-0.2, -0.15) is 13.9 Å². The van der Waals surface area contributed by atoms with E-state index in [1.165, 1.54) is 0 Å². The van der Waals surface area contributed by atoms with E-state index in [4.69, 9.17) is 9.72 Å². The van der Waals surface area contributed by atoms with Crippen molar-refractivity contribution in [2.24, 2.45) is 0 Å². The smallest absolute Gasteiger partial charge is 0.410 e. The van der Waals surface area contributed by atoms with Crippen LogP contribution in [0.4, 0.5) is 19.5 Å². The first kappa shape index (κ1) is 22.0. The number of carbonyl (C=O) groups is 1. The van der Waals surface area contributed by atoms with Gasteiger partial charge in [0.2, 0.25) is 5.95 Å². The Bertz CT molecular complexity index is 1070. The SMILES string of the molecule is C[C@H]1CCN1c1nc(-c2cnn(C3CN(C(=O)OC(C)(C)C)C3)c2)c2c(n1)C(F)(F)CCC2. The molecular formula is C23H30F2N6O2. The molecule has 0 aromatic carbocycles. The normalized spacial score (nSPS) is 22.4. The van der Waals surface area contributed by atoms with Crippen LogP contribution < -0.4 is 4.90 Å². The molecule has 0 unspecified atom stereocenters. The van der Waals surface area contributed by atoms with E-state index in [2.05, 4.69) is 17.0 Å². The first-order valence-corrected chi connectivity index (χ1v) is 11.6. The van der Waals surface area contributed by atoms with Crippen molar-refractivity contribution in [3.05, 3.63) is 23.7 Å². The molecule has 1 amide bonds. The molecule has 33 heavy (non-hydrogen) atoms. The van der Waals surface area contributed by atoms with Gasteiger partial charge < -0.3 is 14.5 Å². The van der Waals surface area contributed by atoms with Crippen molar-refractivity contribution in [1.82, 2.24) is 24.6 Å². The molecule has 4 heterocycles. The summed E-state index contributed by atoms with van der Waals surface area (Å²) in [6.45, 7) is 9.32. The monoisotopic (exact) mass is 460 g/mol. The number of ether oxygens (including phenoxy) is 1. The molecule has 2 aliphatic heterocycles. The minimum Gasteiger partial charge on any atom is -0.444 e. The molecular weight excluding hydrogens is 430 g/mol. The molecule has 3 aliphatic rings. The molecule has 2 fully saturated rings. The predicted octanol–water partition coefficient (Wildman–Crippen LogP) is 4.16. The zero-order valence-corrected chi connectivity index (χ0v) is 19.5. The maximum Gasteiger partial charge on any atom is 0.410 e. The van der Waals surface area contributed by atoms with Crippen molar-refractivity contribution < 1.29 is 18.3 Å². The average Bonchev–Trinajstić information content (AvgIpc) is 3.13. The van der Waals surface area contributed by atoms with Gasteiger partial charge >= 0.3 is 6.09 Å². The predicted molar refractivity (Wildman–Crippen MR) is 118 cm³/mol. The number of hydrogen-bond donors (Lipinski definition) is 0. The van der Waals surface area contributed by atoms with Crippen molar-refractivity contribution in [3.63, 3.8) is 0 Å². The van der Waals surface area contributed by atoms with Crippen molar-refractivity contribution in [2.45, 2.75) is 77.0 Å². The fraction of sp³-hybridized carbons (Fsp3) is 0.652. The van der Waals surface area contributed by atoms with Crippen LogP contribution in [0.3, 0.4) is 0 Å². The number of alkyl halides is 2. The van der Waals surface area contributed by atoms with Gasteiger partial charge in [-0.3, -0.25) is 4.68 Å². The molecule has 0 radical (unpaired) electrons. The summed E-state index contributed by atoms with van der Waals surface area (Å²) in [6.07, 6.45) is 4.92. The van der Waals surface area contributed by atoms with Crippen LogP contribution in [0, 0.1) is 0 Å². The Morgan fingerprint density at radius 3 is 2.64 bits per heavy atom. The third kappa shape index (κ3) is 4.04.